The zero-order chi connectivity index (χ0) is 17.4. The van der Waals surface area contributed by atoms with Crippen molar-refractivity contribution in [1.29, 1.82) is 0 Å². The molecule has 2 aromatic rings. The molecule has 0 saturated carbocycles. The number of aromatic nitrogens is 4. The maximum Gasteiger partial charge on any atom is 0.215 e. The van der Waals surface area contributed by atoms with Crippen LogP contribution in [0.15, 0.2) is 17.5 Å². The van der Waals surface area contributed by atoms with Crippen molar-refractivity contribution in [3.05, 3.63) is 28.2 Å². The van der Waals surface area contributed by atoms with Crippen LogP contribution < -0.4 is 9.80 Å². The molecule has 0 aromatic carbocycles. The van der Waals surface area contributed by atoms with Crippen LogP contribution in [0.1, 0.15) is 56.8 Å². The zero-order valence-corrected chi connectivity index (χ0v) is 16.4. The van der Waals surface area contributed by atoms with Crippen molar-refractivity contribution in [2.45, 2.75) is 57.7 Å². The van der Waals surface area contributed by atoms with E-state index >= 15 is 0 Å². The highest BCUT2D eigenvalue weighted by Crippen LogP contribution is 2.27. The molecule has 136 valence electrons. The molecule has 4 rings (SSSR count). The van der Waals surface area contributed by atoms with Crippen molar-refractivity contribution >= 4 is 11.3 Å². The number of fused-ring (bicyclic) bond motifs is 1. The standard InChI is InChI=1S/C18H28N6S/c1-4-18(2,3)24-17(19-20-21-24)16(15-8-6-12-25-15)23-11-10-22-9-5-7-14(22)13-23/h6,8,12,14,16H,4-5,7,9-11,13H2,1-3H3/p+2/t14-,16+/m1/s1. The highest BCUT2D eigenvalue weighted by molar-refractivity contribution is 7.10. The van der Waals surface area contributed by atoms with Crippen LogP contribution in [0.25, 0.3) is 0 Å². The van der Waals surface area contributed by atoms with Gasteiger partial charge in [0.1, 0.15) is 25.7 Å². The summed E-state index contributed by atoms with van der Waals surface area (Å²) in [5.41, 5.74) is -0.0613. The molecule has 0 radical (unpaired) electrons. The van der Waals surface area contributed by atoms with Gasteiger partial charge in [-0.2, -0.15) is 0 Å². The number of rotatable bonds is 5. The van der Waals surface area contributed by atoms with Crippen molar-refractivity contribution < 1.29 is 9.80 Å². The number of quaternary nitrogens is 2. The Bertz CT molecular complexity index is 694. The molecule has 2 aliphatic rings. The van der Waals surface area contributed by atoms with Crippen LogP contribution in [-0.4, -0.2) is 52.4 Å². The lowest BCUT2D eigenvalue weighted by Crippen LogP contribution is -3.29. The Morgan fingerprint density at radius 3 is 3.00 bits per heavy atom. The van der Waals surface area contributed by atoms with Gasteiger partial charge in [-0.1, -0.05) is 13.0 Å². The molecule has 2 unspecified atom stereocenters. The summed E-state index contributed by atoms with van der Waals surface area (Å²) in [4.78, 5) is 4.85. The van der Waals surface area contributed by atoms with Crippen LogP contribution in [0.5, 0.6) is 0 Å². The molecule has 0 aliphatic carbocycles. The second-order valence-electron chi connectivity index (χ2n) is 8.17. The first-order valence-corrected chi connectivity index (χ1v) is 10.5. The minimum atomic E-state index is -0.0613. The molecule has 0 amide bonds. The summed E-state index contributed by atoms with van der Waals surface area (Å²) >= 11 is 1.84. The lowest BCUT2D eigenvalue weighted by molar-refractivity contribution is -1.03. The predicted molar refractivity (Wildman–Crippen MR) is 98.0 cm³/mol. The second-order valence-corrected chi connectivity index (χ2v) is 9.15. The summed E-state index contributed by atoms with van der Waals surface area (Å²) in [5.74, 6) is 1.03. The SMILES string of the molecule is CCC(C)(C)n1nnnc1[C@H](c1cccs1)[NH+]1CC[NH+]2CCC[C@@H]2C1. The van der Waals surface area contributed by atoms with Gasteiger partial charge in [0.25, 0.3) is 0 Å². The van der Waals surface area contributed by atoms with E-state index in [1.807, 2.05) is 16.2 Å². The molecule has 25 heavy (non-hydrogen) atoms. The number of hydrogen-bond acceptors (Lipinski definition) is 4. The van der Waals surface area contributed by atoms with E-state index in [9.17, 15) is 0 Å². The summed E-state index contributed by atoms with van der Waals surface area (Å²) in [5, 5.41) is 15.2. The van der Waals surface area contributed by atoms with Crippen LogP contribution >= 0.6 is 11.3 Å². The van der Waals surface area contributed by atoms with Crippen LogP contribution in [0.2, 0.25) is 0 Å². The van der Waals surface area contributed by atoms with E-state index < -0.39 is 0 Å². The number of nitrogens with zero attached hydrogens (tertiary/aromatic N) is 4. The molecule has 2 aliphatic heterocycles. The summed E-state index contributed by atoms with van der Waals surface area (Å²) in [6.45, 7) is 11.7. The summed E-state index contributed by atoms with van der Waals surface area (Å²) in [6.07, 6.45) is 3.77. The van der Waals surface area contributed by atoms with Gasteiger partial charge in [0.15, 0.2) is 6.04 Å². The number of nitrogens with one attached hydrogen (secondary N) is 2. The first kappa shape index (κ1) is 17.1. The fourth-order valence-electron chi connectivity index (χ4n) is 4.48. The van der Waals surface area contributed by atoms with E-state index in [1.54, 1.807) is 4.90 Å². The Morgan fingerprint density at radius 2 is 2.24 bits per heavy atom. The van der Waals surface area contributed by atoms with Crippen molar-refractivity contribution in [1.82, 2.24) is 20.2 Å². The third kappa shape index (κ3) is 3.13. The number of hydrogen-bond donors (Lipinski definition) is 2. The van der Waals surface area contributed by atoms with E-state index in [2.05, 4.69) is 58.5 Å². The van der Waals surface area contributed by atoms with E-state index in [0.29, 0.717) is 0 Å². The minimum absolute atomic E-state index is 0.0613. The smallest absolute Gasteiger partial charge is 0.215 e. The van der Waals surface area contributed by atoms with Gasteiger partial charge in [-0.05, 0) is 42.1 Å². The zero-order valence-electron chi connectivity index (χ0n) is 15.5. The minimum Gasteiger partial charge on any atom is -0.323 e. The molecule has 7 heteroatoms. The van der Waals surface area contributed by atoms with E-state index in [-0.39, 0.29) is 11.6 Å². The molecule has 2 fully saturated rings. The Morgan fingerprint density at radius 1 is 1.36 bits per heavy atom. The average Bonchev–Trinajstić information content (AvgIpc) is 3.36. The van der Waals surface area contributed by atoms with Crippen LogP contribution in [0.4, 0.5) is 0 Å². The summed E-state index contributed by atoms with van der Waals surface area (Å²) < 4.78 is 2.08. The van der Waals surface area contributed by atoms with Gasteiger partial charge in [0, 0.05) is 12.8 Å². The molecule has 0 spiro atoms. The average molecular weight is 363 g/mol. The van der Waals surface area contributed by atoms with Gasteiger partial charge in [-0.3, -0.25) is 0 Å². The molecule has 0 bridgehead atoms. The normalized spacial score (nSPS) is 28.0. The van der Waals surface area contributed by atoms with Crippen LogP contribution in [-0.2, 0) is 5.54 Å². The van der Waals surface area contributed by atoms with Crippen LogP contribution in [0, 0.1) is 0 Å². The van der Waals surface area contributed by atoms with Gasteiger partial charge in [-0.15, -0.1) is 16.4 Å². The first-order chi connectivity index (χ1) is 12.1. The van der Waals surface area contributed by atoms with Crippen molar-refractivity contribution in [2.75, 3.05) is 26.2 Å². The van der Waals surface area contributed by atoms with Crippen molar-refractivity contribution in [3.63, 3.8) is 0 Å². The molecule has 2 aromatic heterocycles. The number of tetrazole rings is 1. The predicted octanol–water partition coefficient (Wildman–Crippen LogP) is -0.0851. The van der Waals surface area contributed by atoms with Crippen molar-refractivity contribution in [2.24, 2.45) is 0 Å². The van der Waals surface area contributed by atoms with E-state index in [0.717, 1.165) is 18.3 Å². The van der Waals surface area contributed by atoms with Gasteiger partial charge in [0.05, 0.1) is 17.0 Å². The van der Waals surface area contributed by atoms with Gasteiger partial charge >= 0.3 is 0 Å². The fourth-order valence-corrected chi connectivity index (χ4v) is 5.36. The fraction of sp³-hybridized carbons (Fsp3) is 0.722. The topological polar surface area (TPSA) is 52.5 Å². The summed E-state index contributed by atoms with van der Waals surface area (Å²) in [7, 11) is 0. The largest absolute Gasteiger partial charge is 0.323 e. The number of thiophene rings is 1. The molecule has 2 N–H and O–H groups in total. The molecular formula is C18H30N6S+2. The molecule has 2 saturated heterocycles. The molecule has 4 heterocycles. The molecule has 6 nitrogen and oxygen atoms in total. The lowest BCUT2D eigenvalue weighted by atomic mass is 10.0. The van der Waals surface area contributed by atoms with E-state index in [1.165, 1.54) is 43.9 Å². The maximum atomic E-state index is 4.53. The number of piperazine rings is 1. The highest BCUT2D eigenvalue weighted by Gasteiger charge is 2.43. The lowest BCUT2D eigenvalue weighted by Gasteiger charge is -2.36. The third-order valence-corrected chi connectivity index (χ3v) is 7.27. The maximum absolute atomic E-state index is 4.53. The third-order valence-electron chi connectivity index (χ3n) is 6.33. The first-order valence-electron chi connectivity index (χ1n) is 9.61. The Labute approximate surface area is 153 Å². The Hall–Kier alpha value is -1.31. The van der Waals surface area contributed by atoms with E-state index in [4.69, 9.17) is 0 Å². The van der Waals surface area contributed by atoms with Gasteiger partial charge in [0.2, 0.25) is 5.82 Å². The molecular weight excluding hydrogens is 332 g/mol. The van der Waals surface area contributed by atoms with Crippen LogP contribution in [0.3, 0.4) is 0 Å². The van der Waals surface area contributed by atoms with Gasteiger partial charge < -0.3 is 9.80 Å². The molecule has 4 atom stereocenters. The second kappa shape index (κ2) is 6.78. The quantitative estimate of drug-likeness (QED) is 0.782. The van der Waals surface area contributed by atoms with Crippen molar-refractivity contribution in [3.8, 4) is 0 Å². The highest BCUT2D eigenvalue weighted by atomic mass is 32.1. The Balaban J connectivity index is 1.70. The van der Waals surface area contributed by atoms with Gasteiger partial charge in [-0.25, -0.2) is 4.68 Å². The summed E-state index contributed by atoms with van der Waals surface area (Å²) in [6, 6.07) is 5.48. The monoisotopic (exact) mass is 362 g/mol. The Kier molecular flexibility index (Phi) is 4.64.